The molecule has 2 heterocycles. The van der Waals surface area contributed by atoms with Crippen LogP contribution in [-0.2, 0) is 0 Å². The fourth-order valence-corrected chi connectivity index (χ4v) is 4.17. The summed E-state index contributed by atoms with van der Waals surface area (Å²) < 4.78 is 33.9. The zero-order valence-electron chi connectivity index (χ0n) is 17.0. The van der Waals surface area contributed by atoms with Crippen molar-refractivity contribution in [1.29, 1.82) is 0 Å². The molecule has 0 aliphatic rings. The summed E-state index contributed by atoms with van der Waals surface area (Å²) in [5.41, 5.74) is 4.79. The van der Waals surface area contributed by atoms with Gasteiger partial charge in [-0.1, -0.05) is 0 Å². The number of halogens is 2. The summed E-state index contributed by atoms with van der Waals surface area (Å²) in [5, 5.41) is 7.37. The van der Waals surface area contributed by atoms with Crippen molar-refractivity contribution in [1.82, 2.24) is 14.8 Å². The Morgan fingerprint density at radius 2 is 1.31 bits per heavy atom. The summed E-state index contributed by atoms with van der Waals surface area (Å²) >= 11 is 1.45. The lowest BCUT2D eigenvalue weighted by atomic mass is 10.1. The molecule has 0 unspecified atom stereocenters. The van der Waals surface area contributed by atoms with Crippen LogP contribution < -0.4 is 4.74 Å². The first kappa shape index (κ1) is 20.1. The first-order chi connectivity index (χ1) is 15.6. The largest absolute Gasteiger partial charge is 0.497 e. The van der Waals surface area contributed by atoms with Crippen molar-refractivity contribution < 1.29 is 13.5 Å². The minimum absolute atomic E-state index is 0.309. The quantitative estimate of drug-likeness (QED) is 0.305. The highest BCUT2D eigenvalue weighted by atomic mass is 32.1. The van der Waals surface area contributed by atoms with Gasteiger partial charge in [0, 0.05) is 22.1 Å². The van der Waals surface area contributed by atoms with E-state index >= 15 is 0 Å². The smallest absolute Gasteiger partial charge is 0.211 e. The molecule has 3 aromatic carbocycles. The van der Waals surface area contributed by atoms with Gasteiger partial charge in [-0.2, -0.15) is 5.10 Å². The average Bonchev–Trinajstić information content (AvgIpc) is 3.48. The van der Waals surface area contributed by atoms with E-state index in [0.717, 1.165) is 33.8 Å². The average molecular weight is 445 g/mol. The molecule has 0 spiro atoms. The second-order valence-electron chi connectivity index (χ2n) is 7.08. The van der Waals surface area contributed by atoms with E-state index in [1.807, 2.05) is 35.7 Å². The summed E-state index contributed by atoms with van der Waals surface area (Å²) in [7, 11) is 1.63. The molecule has 4 nitrogen and oxygen atoms in total. The highest BCUT2D eigenvalue weighted by Gasteiger charge is 2.16. The van der Waals surface area contributed by atoms with E-state index in [4.69, 9.17) is 14.8 Å². The van der Waals surface area contributed by atoms with Gasteiger partial charge in [-0.25, -0.2) is 18.4 Å². The SMILES string of the molecule is COc1ccc(-c2csc(-n3nc(-c4ccc(F)cc4)cc3-c3ccc(F)cc3)n2)cc1. The van der Waals surface area contributed by atoms with E-state index in [0.29, 0.717) is 10.8 Å². The zero-order valence-corrected chi connectivity index (χ0v) is 17.8. The van der Waals surface area contributed by atoms with Crippen molar-refractivity contribution in [2.24, 2.45) is 0 Å². The molecule has 5 aromatic rings. The van der Waals surface area contributed by atoms with E-state index in [1.165, 1.54) is 35.6 Å². The molecule has 2 aromatic heterocycles. The van der Waals surface area contributed by atoms with Crippen LogP contribution in [0.2, 0.25) is 0 Å². The Labute approximate surface area is 187 Å². The number of benzene rings is 3. The number of nitrogens with zero attached hydrogens (tertiary/aromatic N) is 3. The van der Waals surface area contributed by atoms with Crippen molar-refractivity contribution in [2.75, 3.05) is 7.11 Å². The second kappa shape index (κ2) is 8.36. The monoisotopic (exact) mass is 445 g/mol. The van der Waals surface area contributed by atoms with E-state index in [9.17, 15) is 8.78 Å². The number of thiazole rings is 1. The van der Waals surface area contributed by atoms with Crippen LogP contribution in [-0.4, -0.2) is 21.9 Å². The Bertz CT molecular complexity index is 1360. The van der Waals surface area contributed by atoms with Crippen LogP contribution in [0.1, 0.15) is 0 Å². The van der Waals surface area contributed by atoms with Crippen LogP contribution in [0.4, 0.5) is 8.78 Å². The van der Waals surface area contributed by atoms with Gasteiger partial charge in [-0.05, 0) is 78.9 Å². The third kappa shape index (κ3) is 3.90. The first-order valence-corrected chi connectivity index (χ1v) is 10.7. The molecule has 0 amide bonds. The summed E-state index contributed by atoms with van der Waals surface area (Å²) in [6.45, 7) is 0. The molecule has 0 aliphatic carbocycles. The van der Waals surface area contributed by atoms with E-state index in [1.54, 1.807) is 36.1 Å². The Morgan fingerprint density at radius 1 is 0.750 bits per heavy atom. The molecular weight excluding hydrogens is 428 g/mol. The van der Waals surface area contributed by atoms with Gasteiger partial charge in [0.2, 0.25) is 5.13 Å². The highest BCUT2D eigenvalue weighted by Crippen LogP contribution is 2.32. The van der Waals surface area contributed by atoms with Crippen molar-refractivity contribution in [3.05, 3.63) is 95.9 Å². The predicted octanol–water partition coefficient (Wildman–Crippen LogP) is 6.62. The van der Waals surface area contributed by atoms with Gasteiger partial charge < -0.3 is 4.74 Å². The molecular formula is C25H17F2N3OS. The number of ether oxygens (including phenoxy) is 1. The topological polar surface area (TPSA) is 39.9 Å². The lowest BCUT2D eigenvalue weighted by Gasteiger charge is -2.04. The standard InChI is InChI=1S/C25H17F2N3OS/c1-31-21-12-6-17(7-13-21)23-15-32-25(28-23)30-24(18-4-10-20(27)11-5-18)14-22(29-30)16-2-8-19(26)9-3-16/h2-15H,1H3. The molecule has 0 saturated heterocycles. The summed E-state index contributed by atoms with van der Waals surface area (Å²) in [6.07, 6.45) is 0. The molecule has 7 heteroatoms. The summed E-state index contributed by atoms with van der Waals surface area (Å²) in [6, 6.07) is 22.0. The van der Waals surface area contributed by atoms with Crippen molar-refractivity contribution >= 4 is 11.3 Å². The molecule has 0 radical (unpaired) electrons. The maximum atomic E-state index is 13.5. The molecule has 0 aliphatic heterocycles. The second-order valence-corrected chi connectivity index (χ2v) is 7.92. The van der Waals surface area contributed by atoms with Gasteiger partial charge >= 0.3 is 0 Å². The van der Waals surface area contributed by atoms with Crippen molar-refractivity contribution in [3.8, 4) is 44.7 Å². The predicted molar refractivity (Wildman–Crippen MR) is 122 cm³/mol. The molecule has 0 atom stereocenters. The van der Waals surface area contributed by atoms with Gasteiger partial charge in [0.15, 0.2) is 0 Å². The Morgan fingerprint density at radius 3 is 1.94 bits per heavy atom. The van der Waals surface area contributed by atoms with Gasteiger partial charge in [0.05, 0.1) is 24.2 Å². The van der Waals surface area contributed by atoms with E-state index in [-0.39, 0.29) is 11.6 Å². The number of methoxy groups -OCH3 is 1. The van der Waals surface area contributed by atoms with E-state index in [2.05, 4.69) is 0 Å². The lowest BCUT2D eigenvalue weighted by Crippen LogP contribution is -1.99. The van der Waals surface area contributed by atoms with Crippen LogP contribution in [0.3, 0.4) is 0 Å². The number of rotatable bonds is 5. The summed E-state index contributed by atoms with van der Waals surface area (Å²) in [5.74, 6) is 0.157. The van der Waals surface area contributed by atoms with E-state index < -0.39 is 0 Å². The third-order valence-corrected chi connectivity index (χ3v) is 5.86. The Hall–Kier alpha value is -3.84. The fraction of sp³-hybridized carbons (Fsp3) is 0.0400. The highest BCUT2D eigenvalue weighted by molar-refractivity contribution is 7.12. The normalized spacial score (nSPS) is 11.0. The Kier molecular flexibility index (Phi) is 5.25. The van der Waals surface area contributed by atoms with Gasteiger partial charge in [0.25, 0.3) is 0 Å². The van der Waals surface area contributed by atoms with Crippen molar-refractivity contribution in [2.45, 2.75) is 0 Å². The minimum Gasteiger partial charge on any atom is -0.497 e. The maximum absolute atomic E-state index is 13.5. The third-order valence-electron chi connectivity index (χ3n) is 5.05. The minimum atomic E-state index is -0.311. The van der Waals surface area contributed by atoms with Crippen LogP contribution in [0, 0.1) is 11.6 Å². The molecule has 5 rings (SSSR count). The van der Waals surface area contributed by atoms with Crippen molar-refractivity contribution in [3.63, 3.8) is 0 Å². The number of hydrogen-bond acceptors (Lipinski definition) is 4. The first-order valence-electron chi connectivity index (χ1n) is 9.83. The lowest BCUT2D eigenvalue weighted by molar-refractivity contribution is 0.415. The molecule has 0 fully saturated rings. The zero-order chi connectivity index (χ0) is 22.1. The van der Waals surface area contributed by atoms with Gasteiger partial charge in [0.1, 0.15) is 17.4 Å². The van der Waals surface area contributed by atoms with Crippen LogP contribution in [0.15, 0.2) is 84.2 Å². The summed E-state index contributed by atoms with van der Waals surface area (Å²) in [4.78, 5) is 4.78. The number of hydrogen-bond donors (Lipinski definition) is 0. The van der Waals surface area contributed by atoms with Crippen LogP contribution in [0.25, 0.3) is 38.9 Å². The van der Waals surface area contributed by atoms with Crippen LogP contribution >= 0.6 is 11.3 Å². The fourth-order valence-electron chi connectivity index (χ4n) is 3.37. The van der Waals surface area contributed by atoms with Gasteiger partial charge in [-0.15, -0.1) is 11.3 Å². The maximum Gasteiger partial charge on any atom is 0.211 e. The van der Waals surface area contributed by atoms with Gasteiger partial charge in [-0.3, -0.25) is 0 Å². The molecule has 32 heavy (non-hydrogen) atoms. The molecule has 158 valence electrons. The van der Waals surface area contributed by atoms with Crippen LogP contribution in [0.5, 0.6) is 5.75 Å². The molecule has 0 bridgehead atoms. The Balaban J connectivity index is 1.59. The molecule has 0 N–H and O–H groups in total. The number of aromatic nitrogens is 3. The molecule has 0 saturated carbocycles.